The molecular weight excluding hydrogens is 479 g/mol. The minimum atomic E-state index is -1.29. The van der Waals surface area contributed by atoms with Gasteiger partial charge in [0.1, 0.15) is 17.1 Å². The Morgan fingerprint density at radius 3 is 2.47 bits per heavy atom. The number of rotatable bonds is 7. The maximum absolute atomic E-state index is 11.6. The van der Waals surface area contributed by atoms with E-state index in [1.807, 2.05) is 0 Å². The van der Waals surface area contributed by atoms with E-state index in [0.29, 0.717) is 59.5 Å². The van der Waals surface area contributed by atoms with E-state index in [2.05, 4.69) is 10.1 Å². The molecule has 2 fully saturated rings. The van der Waals surface area contributed by atoms with Gasteiger partial charge in [-0.05, 0) is 62.8 Å². The van der Waals surface area contributed by atoms with Crippen LogP contribution in [0.4, 0.5) is 0 Å². The largest absolute Gasteiger partial charge is 0.478 e. The number of aromatic carboxylic acids is 1. The van der Waals surface area contributed by atoms with Crippen molar-refractivity contribution in [3.05, 3.63) is 69.2 Å². The molecule has 2 aliphatic carbocycles. The molecule has 0 unspecified atom stereocenters. The first-order chi connectivity index (χ1) is 16.4. The molecule has 0 spiro atoms. The van der Waals surface area contributed by atoms with Gasteiger partial charge in [0.05, 0.1) is 34.0 Å². The lowest BCUT2D eigenvalue weighted by molar-refractivity contribution is -0.0666. The summed E-state index contributed by atoms with van der Waals surface area (Å²) in [6.07, 6.45) is 5.35. The van der Waals surface area contributed by atoms with Crippen LogP contribution in [0.3, 0.4) is 0 Å². The van der Waals surface area contributed by atoms with Crippen molar-refractivity contribution < 1.29 is 24.3 Å². The third kappa shape index (κ3) is 4.45. The second kappa shape index (κ2) is 9.30. The molecule has 2 heterocycles. The lowest BCUT2D eigenvalue weighted by atomic mass is 9.79. The van der Waals surface area contributed by atoms with Crippen LogP contribution in [0.25, 0.3) is 11.3 Å². The zero-order valence-electron chi connectivity index (χ0n) is 18.3. The van der Waals surface area contributed by atoms with Gasteiger partial charge in [-0.25, -0.2) is 4.79 Å². The van der Waals surface area contributed by atoms with Crippen LogP contribution in [0.2, 0.25) is 10.0 Å². The number of carboxylic acid groups (broad SMARTS) is 1. The van der Waals surface area contributed by atoms with Gasteiger partial charge in [-0.1, -0.05) is 34.4 Å². The Balaban J connectivity index is 1.32. The number of benzene rings is 1. The van der Waals surface area contributed by atoms with Crippen molar-refractivity contribution in [3.8, 4) is 11.3 Å². The molecule has 2 saturated carbocycles. The Morgan fingerprint density at radius 1 is 1.12 bits per heavy atom. The van der Waals surface area contributed by atoms with Crippen LogP contribution in [-0.2, 0) is 16.9 Å². The van der Waals surface area contributed by atoms with Crippen molar-refractivity contribution in [1.29, 1.82) is 0 Å². The lowest BCUT2D eigenvalue weighted by Gasteiger charge is -2.36. The number of hydrogen-bond acceptors (Lipinski definition) is 6. The van der Waals surface area contributed by atoms with Crippen LogP contribution >= 0.6 is 23.2 Å². The predicted octanol–water partition coefficient (Wildman–Crippen LogP) is 5.97. The van der Waals surface area contributed by atoms with E-state index < -0.39 is 11.6 Å². The van der Waals surface area contributed by atoms with Gasteiger partial charge in [0.25, 0.3) is 0 Å². The Bertz CT molecular complexity index is 1200. The van der Waals surface area contributed by atoms with Crippen LogP contribution in [0.15, 0.2) is 41.1 Å². The fourth-order valence-electron chi connectivity index (χ4n) is 4.67. The maximum Gasteiger partial charge on any atom is 0.337 e. The molecule has 0 saturated heterocycles. The molecule has 0 aliphatic heterocycles. The number of ether oxygens (including phenoxy) is 1. The molecule has 2 aromatic heterocycles. The minimum Gasteiger partial charge on any atom is -0.478 e. The molecule has 178 valence electrons. The van der Waals surface area contributed by atoms with Crippen LogP contribution in [0.1, 0.15) is 71.8 Å². The minimum absolute atomic E-state index is 0.0316. The van der Waals surface area contributed by atoms with E-state index in [-0.39, 0.29) is 17.4 Å². The molecule has 1 aromatic carbocycles. The van der Waals surface area contributed by atoms with E-state index in [1.165, 1.54) is 12.3 Å². The molecule has 2 N–H and O–H groups in total. The molecule has 9 heteroatoms. The highest BCUT2D eigenvalue weighted by molar-refractivity contribution is 6.39. The monoisotopic (exact) mass is 502 g/mol. The number of pyridine rings is 1. The zero-order valence-corrected chi connectivity index (χ0v) is 19.8. The predicted molar refractivity (Wildman–Crippen MR) is 126 cm³/mol. The van der Waals surface area contributed by atoms with Crippen LogP contribution < -0.4 is 0 Å². The van der Waals surface area contributed by atoms with Crippen molar-refractivity contribution in [1.82, 2.24) is 10.1 Å². The van der Waals surface area contributed by atoms with E-state index in [0.717, 1.165) is 24.2 Å². The normalized spacial score (nSPS) is 22.6. The van der Waals surface area contributed by atoms with Crippen LogP contribution in [0.5, 0.6) is 0 Å². The number of hydrogen-bond donors (Lipinski definition) is 2. The summed E-state index contributed by atoms with van der Waals surface area (Å²) in [5.74, 6) is 0.0507. The maximum atomic E-state index is 11.6. The summed E-state index contributed by atoms with van der Waals surface area (Å²) in [6.45, 7) is 0.291. The summed E-state index contributed by atoms with van der Waals surface area (Å²) in [6, 6.07) is 8.35. The topological polar surface area (TPSA) is 106 Å². The summed E-state index contributed by atoms with van der Waals surface area (Å²) < 4.78 is 12.0. The van der Waals surface area contributed by atoms with Gasteiger partial charge < -0.3 is 19.5 Å². The average molecular weight is 503 g/mol. The number of halogens is 2. The molecule has 2 aliphatic rings. The van der Waals surface area contributed by atoms with Gasteiger partial charge in [0, 0.05) is 23.2 Å². The summed E-state index contributed by atoms with van der Waals surface area (Å²) in [7, 11) is 0. The average Bonchev–Trinajstić information content (AvgIpc) is 3.59. The fraction of sp³-hybridized carbons (Fsp3) is 0.400. The first kappa shape index (κ1) is 23.3. The zero-order chi connectivity index (χ0) is 23.9. The Hall–Kier alpha value is -2.45. The van der Waals surface area contributed by atoms with Crippen molar-refractivity contribution in [2.75, 3.05) is 0 Å². The first-order valence-electron chi connectivity index (χ1n) is 11.3. The quantitative estimate of drug-likeness (QED) is 0.410. The van der Waals surface area contributed by atoms with E-state index in [1.54, 1.807) is 24.3 Å². The third-order valence-electron chi connectivity index (χ3n) is 6.67. The fourth-order valence-corrected chi connectivity index (χ4v) is 5.25. The molecular formula is C25H24Cl2N2O5. The highest BCUT2D eigenvalue weighted by atomic mass is 35.5. The van der Waals surface area contributed by atoms with Crippen molar-refractivity contribution in [2.24, 2.45) is 0 Å². The third-order valence-corrected chi connectivity index (χ3v) is 7.30. The molecule has 0 bridgehead atoms. The Morgan fingerprint density at radius 2 is 1.82 bits per heavy atom. The molecule has 34 heavy (non-hydrogen) atoms. The molecule has 7 nitrogen and oxygen atoms in total. The summed E-state index contributed by atoms with van der Waals surface area (Å²) in [5.41, 5.74) is 1.05. The van der Waals surface area contributed by atoms with Gasteiger partial charge >= 0.3 is 5.97 Å². The van der Waals surface area contributed by atoms with E-state index in [9.17, 15) is 15.0 Å². The Kier molecular flexibility index (Phi) is 6.37. The SMILES string of the molecule is O=C(O)c1cccnc1C1(O)CCC(OCc2c(-c3c(Cl)cccc3Cl)noc2C2CC2)CC1. The number of aliphatic hydroxyl groups is 1. The number of nitrogens with zero attached hydrogens (tertiary/aromatic N) is 2. The van der Waals surface area contributed by atoms with Gasteiger partial charge in [-0.2, -0.15) is 0 Å². The van der Waals surface area contributed by atoms with Crippen molar-refractivity contribution >= 4 is 29.2 Å². The molecule has 3 aromatic rings. The smallest absolute Gasteiger partial charge is 0.337 e. The summed E-state index contributed by atoms with van der Waals surface area (Å²) in [5, 5.41) is 26.0. The van der Waals surface area contributed by atoms with Gasteiger partial charge in [0.15, 0.2) is 0 Å². The van der Waals surface area contributed by atoms with Crippen molar-refractivity contribution in [2.45, 2.75) is 62.8 Å². The van der Waals surface area contributed by atoms with Gasteiger partial charge in [-0.3, -0.25) is 4.98 Å². The highest BCUT2D eigenvalue weighted by Crippen LogP contribution is 2.46. The molecule has 0 radical (unpaired) electrons. The lowest BCUT2D eigenvalue weighted by Crippen LogP contribution is -2.36. The molecule has 5 rings (SSSR count). The molecule has 0 amide bonds. The van der Waals surface area contributed by atoms with Crippen molar-refractivity contribution in [3.63, 3.8) is 0 Å². The van der Waals surface area contributed by atoms with Crippen LogP contribution in [0, 0.1) is 0 Å². The number of carbonyl (C=O) groups is 1. The first-order valence-corrected chi connectivity index (χ1v) is 12.1. The standard InChI is InChI=1S/C25H24Cl2N2O5/c26-18-4-1-5-19(27)20(18)21-17(22(34-29-21)14-6-7-14)13-33-15-8-10-25(32,11-9-15)23-16(24(30)31)3-2-12-28-23/h1-5,12,14-15,32H,6-11,13H2,(H,30,31). The van der Waals surface area contributed by atoms with Gasteiger partial charge in [0.2, 0.25) is 0 Å². The van der Waals surface area contributed by atoms with Gasteiger partial charge in [-0.15, -0.1) is 0 Å². The van der Waals surface area contributed by atoms with E-state index in [4.69, 9.17) is 32.5 Å². The Labute approximate surface area is 206 Å². The van der Waals surface area contributed by atoms with E-state index >= 15 is 0 Å². The summed E-state index contributed by atoms with van der Waals surface area (Å²) in [4.78, 5) is 15.8. The second-order valence-corrected chi connectivity index (χ2v) is 9.81. The second-order valence-electron chi connectivity index (χ2n) is 8.99. The summed E-state index contributed by atoms with van der Waals surface area (Å²) >= 11 is 12.9. The molecule has 0 atom stereocenters. The number of aromatic nitrogens is 2. The van der Waals surface area contributed by atoms with Crippen LogP contribution in [-0.4, -0.2) is 32.4 Å². The highest BCUT2D eigenvalue weighted by Gasteiger charge is 2.39. The number of carboxylic acids is 1.